The Kier molecular flexibility index (Phi) is 3.40. The number of nitrogens with one attached hydrogen (secondary N) is 1. The number of anilines is 2. The molecular formula is C10H11BrN4S. The van der Waals surface area contributed by atoms with E-state index in [-0.39, 0.29) is 0 Å². The highest BCUT2D eigenvalue weighted by molar-refractivity contribution is 9.10. The fourth-order valence-electron chi connectivity index (χ4n) is 1.28. The van der Waals surface area contributed by atoms with Crippen LogP contribution < -0.4 is 11.1 Å². The van der Waals surface area contributed by atoms with E-state index in [1.54, 1.807) is 23.7 Å². The molecular weight excluding hydrogens is 288 g/mol. The number of rotatable bonds is 3. The molecule has 3 N–H and O–H groups in total. The normalized spacial score (nSPS) is 10.4. The van der Waals surface area contributed by atoms with Gasteiger partial charge in [-0.2, -0.15) is 0 Å². The van der Waals surface area contributed by atoms with E-state index in [9.17, 15) is 0 Å². The van der Waals surface area contributed by atoms with Gasteiger partial charge in [-0.05, 0) is 22.9 Å². The molecule has 0 aliphatic heterocycles. The van der Waals surface area contributed by atoms with E-state index in [1.165, 1.54) is 4.88 Å². The third kappa shape index (κ3) is 2.51. The van der Waals surface area contributed by atoms with Gasteiger partial charge in [-0.3, -0.25) is 4.98 Å². The lowest BCUT2D eigenvalue weighted by molar-refractivity contribution is 1.10. The minimum absolute atomic E-state index is 0.627. The molecule has 0 fully saturated rings. The predicted octanol–water partition coefficient (Wildman–Crippen LogP) is 2.80. The summed E-state index contributed by atoms with van der Waals surface area (Å²) < 4.78 is 0.862. The molecule has 84 valence electrons. The van der Waals surface area contributed by atoms with Crippen molar-refractivity contribution in [3.05, 3.63) is 32.9 Å². The van der Waals surface area contributed by atoms with Crippen LogP contribution in [0.4, 0.5) is 11.4 Å². The van der Waals surface area contributed by atoms with Gasteiger partial charge < -0.3 is 11.1 Å². The van der Waals surface area contributed by atoms with Gasteiger partial charge in [-0.1, -0.05) is 0 Å². The Morgan fingerprint density at radius 1 is 1.44 bits per heavy atom. The Labute approximate surface area is 106 Å². The van der Waals surface area contributed by atoms with Crippen molar-refractivity contribution >= 4 is 38.6 Å². The van der Waals surface area contributed by atoms with Crippen molar-refractivity contribution in [3.63, 3.8) is 0 Å². The SMILES string of the molecule is Cc1cnc(CNc2c(N)cncc2Br)s1. The quantitative estimate of drug-likeness (QED) is 0.914. The Hall–Kier alpha value is -1.14. The van der Waals surface area contributed by atoms with Crippen molar-refractivity contribution in [2.45, 2.75) is 13.5 Å². The number of hydrogen-bond acceptors (Lipinski definition) is 5. The topological polar surface area (TPSA) is 63.8 Å². The summed E-state index contributed by atoms with van der Waals surface area (Å²) in [5.74, 6) is 0. The van der Waals surface area contributed by atoms with Gasteiger partial charge in [0.15, 0.2) is 0 Å². The van der Waals surface area contributed by atoms with Crippen LogP contribution in [0.2, 0.25) is 0 Å². The summed E-state index contributed by atoms with van der Waals surface area (Å²) >= 11 is 5.08. The van der Waals surface area contributed by atoms with Gasteiger partial charge in [0.2, 0.25) is 0 Å². The Balaban J connectivity index is 2.10. The predicted molar refractivity (Wildman–Crippen MR) is 70.5 cm³/mol. The van der Waals surface area contributed by atoms with Gasteiger partial charge >= 0.3 is 0 Å². The van der Waals surface area contributed by atoms with E-state index in [4.69, 9.17) is 5.73 Å². The summed E-state index contributed by atoms with van der Waals surface area (Å²) in [6, 6.07) is 0. The highest BCUT2D eigenvalue weighted by atomic mass is 79.9. The molecule has 0 amide bonds. The number of halogens is 1. The van der Waals surface area contributed by atoms with Gasteiger partial charge in [0.05, 0.1) is 28.6 Å². The Morgan fingerprint density at radius 2 is 2.25 bits per heavy atom. The smallest absolute Gasteiger partial charge is 0.112 e. The van der Waals surface area contributed by atoms with Crippen LogP contribution in [0.5, 0.6) is 0 Å². The van der Waals surface area contributed by atoms with Crippen molar-refractivity contribution in [1.29, 1.82) is 0 Å². The first-order chi connectivity index (χ1) is 7.66. The molecule has 0 aromatic carbocycles. The highest BCUT2D eigenvalue weighted by Gasteiger charge is 2.05. The lowest BCUT2D eigenvalue weighted by Crippen LogP contribution is -2.03. The molecule has 2 aromatic heterocycles. The third-order valence-electron chi connectivity index (χ3n) is 2.01. The number of hydrogen-bond donors (Lipinski definition) is 2. The van der Waals surface area contributed by atoms with Crippen LogP contribution in [0.25, 0.3) is 0 Å². The summed E-state index contributed by atoms with van der Waals surface area (Å²) in [6.45, 7) is 2.71. The number of aromatic nitrogens is 2. The van der Waals surface area contributed by atoms with Crippen molar-refractivity contribution in [2.24, 2.45) is 0 Å². The first-order valence-corrected chi connectivity index (χ1v) is 6.32. The molecule has 0 spiro atoms. The molecule has 4 nitrogen and oxygen atoms in total. The summed E-state index contributed by atoms with van der Waals surface area (Å²) in [5, 5.41) is 4.29. The maximum Gasteiger partial charge on any atom is 0.112 e. The molecule has 0 saturated heterocycles. The number of nitrogens with two attached hydrogens (primary N) is 1. The summed E-state index contributed by atoms with van der Waals surface area (Å²) in [5.41, 5.74) is 7.31. The van der Waals surface area contributed by atoms with E-state index < -0.39 is 0 Å². The van der Waals surface area contributed by atoms with Crippen molar-refractivity contribution in [1.82, 2.24) is 9.97 Å². The number of aryl methyl sites for hydroxylation is 1. The molecule has 0 bridgehead atoms. The molecule has 0 atom stereocenters. The molecule has 16 heavy (non-hydrogen) atoms. The zero-order valence-electron chi connectivity index (χ0n) is 8.70. The van der Waals surface area contributed by atoms with Crippen LogP contribution in [-0.4, -0.2) is 9.97 Å². The maximum atomic E-state index is 5.82. The van der Waals surface area contributed by atoms with Gasteiger partial charge in [-0.15, -0.1) is 11.3 Å². The summed E-state index contributed by atoms with van der Waals surface area (Å²) in [6.07, 6.45) is 5.21. The van der Waals surface area contributed by atoms with Crippen LogP contribution in [0.1, 0.15) is 9.88 Å². The highest BCUT2D eigenvalue weighted by Crippen LogP contribution is 2.27. The zero-order chi connectivity index (χ0) is 11.5. The first kappa shape index (κ1) is 11.3. The fourth-order valence-corrected chi connectivity index (χ4v) is 2.50. The zero-order valence-corrected chi connectivity index (χ0v) is 11.1. The number of nitrogen functional groups attached to an aromatic ring is 1. The molecule has 2 aromatic rings. The molecule has 6 heteroatoms. The summed E-state index contributed by atoms with van der Waals surface area (Å²) in [4.78, 5) is 9.46. The minimum atomic E-state index is 0.627. The molecule has 2 heterocycles. The fraction of sp³-hybridized carbons (Fsp3) is 0.200. The van der Waals surface area contributed by atoms with Crippen molar-refractivity contribution < 1.29 is 0 Å². The molecule has 0 radical (unpaired) electrons. The Bertz CT molecular complexity index is 477. The number of nitrogens with zero attached hydrogens (tertiary/aromatic N) is 2. The van der Waals surface area contributed by atoms with E-state index in [2.05, 4.69) is 31.2 Å². The van der Waals surface area contributed by atoms with Crippen molar-refractivity contribution in [2.75, 3.05) is 11.1 Å². The monoisotopic (exact) mass is 298 g/mol. The molecule has 0 saturated carbocycles. The Morgan fingerprint density at radius 3 is 2.88 bits per heavy atom. The number of pyridine rings is 1. The number of thiazole rings is 1. The van der Waals surface area contributed by atoms with Gasteiger partial charge in [0, 0.05) is 17.3 Å². The third-order valence-corrected chi connectivity index (χ3v) is 3.53. The molecule has 2 rings (SSSR count). The van der Waals surface area contributed by atoms with Crippen LogP contribution in [0.3, 0.4) is 0 Å². The van der Waals surface area contributed by atoms with Crippen LogP contribution >= 0.6 is 27.3 Å². The van der Waals surface area contributed by atoms with E-state index >= 15 is 0 Å². The second kappa shape index (κ2) is 4.80. The van der Waals surface area contributed by atoms with Crippen LogP contribution in [0, 0.1) is 6.92 Å². The lowest BCUT2D eigenvalue weighted by Gasteiger charge is -2.08. The maximum absolute atomic E-state index is 5.82. The first-order valence-electron chi connectivity index (χ1n) is 4.71. The van der Waals surface area contributed by atoms with Gasteiger partial charge in [0.25, 0.3) is 0 Å². The van der Waals surface area contributed by atoms with Crippen LogP contribution in [-0.2, 0) is 6.54 Å². The van der Waals surface area contributed by atoms with Gasteiger partial charge in [-0.25, -0.2) is 4.98 Å². The molecule has 0 aliphatic rings. The van der Waals surface area contributed by atoms with Crippen molar-refractivity contribution in [3.8, 4) is 0 Å². The summed E-state index contributed by atoms with van der Waals surface area (Å²) in [7, 11) is 0. The largest absolute Gasteiger partial charge is 0.396 e. The standard InChI is InChI=1S/C10H11BrN4S/c1-6-2-14-9(16-6)5-15-10-7(11)3-13-4-8(10)12/h2-4H,5,12H2,1H3,(H,13,15). The average molecular weight is 299 g/mol. The van der Waals surface area contributed by atoms with E-state index in [0.29, 0.717) is 12.2 Å². The second-order valence-electron chi connectivity index (χ2n) is 3.30. The second-order valence-corrected chi connectivity index (χ2v) is 5.48. The van der Waals surface area contributed by atoms with Crippen LogP contribution in [0.15, 0.2) is 23.1 Å². The molecule has 0 aliphatic carbocycles. The molecule has 0 unspecified atom stereocenters. The minimum Gasteiger partial charge on any atom is -0.396 e. The van der Waals surface area contributed by atoms with Gasteiger partial charge in [0.1, 0.15) is 5.01 Å². The van der Waals surface area contributed by atoms with E-state index in [0.717, 1.165) is 15.2 Å². The average Bonchev–Trinajstić information content (AvgIpc) is 2.63. The van der Waals surface area contributed by atoms with E-state index in [1.807, 2.05) is 13.1 Å². The lowest BCUT2D eigenvalue weighted by atomic mass is 10.3.